The molecule has 0 aliphatic rings. The predicted octanol–water partition coefficient (Wildman–Crippen LogP) is 1.30. The van der Waals surface area contributed by atoms with Crippen LogP contribution in [-0.2, 0) is 16.4 Å². The van der Waals surface area contributed by atoms with Gasteiger partial charge in [-0.25, -0.2) is 8.42 Å². The van der Waals surface area contributed by atoms with Crippen molar-refractivity contribution in [3.05, 3.63) is 35.9 Å². The van der Waals surface area contributed by atoms with Gasteiger partial charge in [-0.15, -0.1) is 0 Å². The Labute approximate surface area is 116 Å². The monoisotopic (exact) mass is 285 g/mol. The van der Waals surface area contributed by atoms with E-state index in [9.17, 15) is 13.5 Å². The van der Waals surface area contributed by atoms with Gasteiger partial charge in [-0.3, -0.25) is 4.90 Å². The topological polar surface area (TPSA) is 57.6 Å². The number of hydrogen-bond acceptors (Lipinski definition) is 4. The lowest BCUT2D eigenvalue weighted by atomic mass is 10.1. The van der Waals surface area contributed by atoms with E-state index < -0.39 is 15.4 Å². The molecule has 0 unspecified atom stereocenters. The van der Waals surface area contributed by atoms with E-state index in [1.54, 1.807) is 13.8 Å². The van der Waals surface area contributed by atoms with Crippen LogP contribution in [0.4, 0.5) is 0 Å². The van der Waals surface area contributed by atoms with Gasteiger partial charge in [0.05, 0.1) is 11.4 Å². The molecule has 4 nitrogen and oxygen atoms in total. The first-order valence-electron chi connectivity index (χ1n) is 6.32. The van der Waals surface area contributed by atoms with Crippen molar-refractivity contribution in [2.45, 2.75) is 26.0 Å². The number of benzene rings is 1. The molecule has 0 saturated heterocycles. The van der Waals surface area contributed by atoms with Crippen molar-refractivity contribution in [3.63, 3.8) is 0 Å². The zero-order valence-electron chi connectivity index (χ0n) is 11.8. The Morgan fingerprint density at radius 3 is 2.26 bits per heavy atom. The summed E-state index contributed by atoms with van der Waals surface area (Å²) in [5.74, 6) is 0.107. The van der Waals surface area contributed by atoms with Gasteiger partial charge < -0.3 is 5.11 Å². The zero-order chi connectivity index (χ0) is 14.5. The Morgan fingerprint density at radius 2 is 1.79 bits per heavy atom. The van der Waals surface area contributed by atoms with Gasteiger partial charge in [0.25, 0.3) is 0 Å². The summed E-state index contributed by atoms with van der Waals surface area (Å²) in [7, 11) is -2.99. The van der Waals surface area contributed by atoms with Crippen molar-refractivity contribution in [1.29, 1.82) is 0 Å². The zero-order valence-corrected chi connectivity index (χ0v) is 12.7. The molecule has 0 atom stereocenters. The van der Waals surface area contributed by atoms with Gasteiger partial charge in [-0.2, -0.15) is 0 Å². The molecule has 0 aliphatic heterocycles. The van der Waals surface area contributed by atoms with Gasteiger partial charge in [0.15, 0.2) is 0 Å². The molecule has 0 amide bonds. The lowest BCUT2D eigenvalue weighted by molar-refractivity contribution is 0.0356. The third kappa shape index (κ3) is 7.97. The summed E-state index contributed by atoms with van der Waals surface area (Å²) in [5.41, 5.74) is 0.270. The summed E-state index contributed by atoms with van der Waals surface area (Å²) in [4.78, 5) is 1.97. The Morgan fingerprint density at radius 1 is 1.21 bits per heavy atom. The fourth-order valence-corrected chi connectivity index (χ4v) is 2.49. The molecule has 108 valence electrons. The predicted molar refractivity (Wildman–Crippen MR) is 77.7 cm³/mol. The van der Waals surface area contributed by atoms with Crippen LogP contribution in [0.5, 0.6) is 0 Å². The standard InChI is InChI=1S/C14H23NO3S/c1-14(2,16)12-15(9-10-19(3,17)18)11-13-7-5-4-6-8-13/h4-8,16H,9-12H2,1-3H3. The van der Waals surface area contributed by atoms with Gasteiger partial charge in [0.1, 0.15) is 9.84 Å². The minimum Gasteiger partial charge on any atom is -0.389 e. The molecule has 0 heterocycles. The van der Waals surface area contributed by atoms with Gasteiger partial charge in [-0.05, 0) is 19.4 Å². The van der Waals surface area contributed by atoms with Crippen molar-refractivity contribution in [3.8, 4) is 0 Å². The minimum atomic E-state index is -2.99. The molecule has 0 fully saturated rings. The van der Waals surface area contributed by atoms with Crippen molar-refractivity contribution < 1.29 is 13.5 Å². The van der Waals surface area contributed by atoms with Crippen LogP contribution in [0.2, 0.25) is 0 Å². The van der Waals surface area contributed by atoms with E-state index in [1.165, 1.54) is 6.26 Å². The molecule has 0 bridgehead atoms. The first kappa shape index (κ1) is 16.1. The number of sulfone groups is 1. The maximum Gasteiger partial charge on any atom is 0.148 e. The molecule has 5 heteroatoms. The van der Waals surface area contributed by atoms with Crippen LogP contribution in [0.25, 0.3) is 0 Å². The highest BCUT2D eigenvalue weighted by molar-refractivity contribution is 7.90. The number of aliphatic hydroxyl groups is 1. The molecule has 1 aromatic rings. The average molecular weight is 285 g/mol. The van der Waals surface area contributed by atoms with Crippen LogP contribution in [0, 0.1) is 0 Å². The van der Waals surface area contributed by atoms with Crippen molar-refractivity contribution in [2.75, 3.05) is 25.1 Å². The van der Waals surface area contributed by atoms with Gasteiger partial charge in [0, 0.05) is 25.9 Å². The molecule has 0 aromatic heterocycles. The largest absolute Gasteiger partial charge is 0.389 e. The fourth-order valence-electron chi connectivity index (χ4n) is 1.90. The molecule has 1 rings (SSSR count). The van der Waals surface area contributed by atoms with Crippen molar-refractivity contribution in [2.24, 2.45) is 0 Å². The first-order valence-corrected chi connectivity index (χ1v) is 8.38. The molecular weight excluding hydrogens is 262 g/mol. The van der Waals surface area contributed by atoms with E-state index in [0.717, 1.165) is 5.56 Å². The van der Waals surface area contributed by atoms with Crippen LogP contribution in [0.3, 0.4) is 0 Å². The second-order valence-corrected chi connectivity index (χ2v) is 7.90. The molecular formula is C14H23NO3S. The van der Waals surface area contributed by atoms with Crippen LogP contribution in [0.1, 0.15) is 19.4 Å². The highest BCUT2D eigenvalue weighted by atomic mass is 32.2. The summed E-state index contributed by atoms with van der Waals surface area (Å²) >= 11 is 0. The Bertz CT molecular complexity index is 477. The summed E-state index contributed by atoms with van der Waals surface area (Å²) in [6, 6.07) is 9.85. The number of rotatable bonds is 7. The van der Waals surface area contributed by atoms with Crippen LogP contribution in [-0.4, -0.2) is 49.1 Å². The third-order valence-corrected chi connectivity index (χ3v) is 3.56. The fraction of sp³-hybridized carbons (Fsp3) is 0.571. The highest BCUT2D eigenvalue weighted by Crippen LogP contribution is 2.10. The molecule has 0 aliphatic carbocycles. The van der Waals surface area contributed by atoms with Gasteiger partial charge in [-0.1, -0.05) is 30.3 Å². The summed E-state index contributed by atoms with van der Waals surface area (Å²) in [5, 5.41) is 9.90. The van der Waals surface area contributed by atoms with E-state index in [2.05, 4.69) is 0 Å². The molecule has 1 aromatic carbocycles. The third-order valence-electron chi connectivity index (χ3n) is 2.64. The summed E-state index contributed by atoms with van der Waals surface area (Å²) in [6.45, 7) is 4.96. The van der Waals surface area contributed by atoms with Gasteiger partial charge in [0.2, 0.25) is 0 Å². The number of hydrogen-bond donors (Lipinski definition) is 1. The Balaban J connectivity index is 2.69. The molecule has 1 N–H and O–H groups in total. The second kappa shape index (κ2) is 6.50. The second-order valence-electron chi connectivity index (χ2n) is 5.64. The van der Waals surface area contributed by atoms with Crippen LogP contribution >= 0.6 is 0 Å². The molecule has 0 spiro atoms. The average Bonchev–Trinajstić information content (AvgIpc) is 2.24. The SMILES string of the molecule is CC(C)(O)CN(CCS(C)(=O)=O)Cc1ccccc1. The van der Waals surface area contributed by atoms with E-state index in [-0.39, 0.29) is 5.75 Å². The maximum atomic E-state index is 11.3. The summed E-state index contributed by atoms with van der Waals surface area (Å²) in [6.07, 6.45) is 1.23. The van der Waals surface area contributed by atoms with Crippen LogP contribution < -0.4 is 0 Å². The van der Waals surface area contributed by atoms with E-state index >= 15 is 0 Å². The Kier molecular flexibility index (Phi) is 5.52. The lowest BCUT2D eigenvalue weighted by Gasteiger charge is -2.28. The Hall–Kier alpha value is -0.910. The maximum absolute atomic E-state index is 11.3. The smallest absolute Gasteiger partial charge is 0.148 e. The molecule has 0 saturated carbocycles. The minimum absolute atomic E-state index is 0.107. The van der Waals surface area contributed by atoms with E-state index in [4.69, 9.17) is 0 Å². The van der Waals surface area contributed by atoms with Crippen molar-refractivity contribution >= 4 is 9.84 Å². The van der Waals surface area contributed by atoms with Crippen LogP contribution in [0.15, 0.2) is 30.3 Å². The molecule has 0 radical (unpaired) electrons. The summed E-state index contributed by atoms with van der Waals surface area (Å²) < 4.78 is 22.5. The first-order chi connectivity index (χ1) is 8.66. The normalized spacial score (nSPS) is 12.9. The van der Waals surface area contributed by atoms with Crippen molar-refractivity contribution in [1.82, 2.24) is 4.90 Å². The van der Waals surface area contributed by atoms with Gasteiger partial charge >= 0.3 is 0 Å². The lowest BCUT2D eigenvalue weighted by Crippen LogP contribution is -2.40. The highest BCUT2D eigenvalue weighted by Gasteiger charge is 2.19. The molecule has 19 heavy (non-hydrogen) atoms. The van der Waals surface area contributed by atoms with E-state index in [1.807, 2.05) is 35.2 Å². The quantitative estimate of drug-likeness (QED) is 0.820. The van der Waals surface area contributed by atoms with E-state index in [0.29, 0.717) is 19.6 Å². The number of nitrogens with zero attached hydrogens (tertiary/aromatic N) is 1.